The average molecular weight is 441 g/mol. The third-order valence-corrected chi connectivity index (χ3v) is 6.07. The highest BCUT2D eigenvalue weighted by atomic mass is 32.1. The molecule has 10 heteroatoms. The normalized spacial score (nSPS) is 17.8. The van der Waals surface area contributed by atoms with Crippen molar-refractivity contribution in [1.29, 1.82) is 0 Å². The van der Waals surface area contributed by atoms with E-state index in [0.717, 1.165) is 47.4 Å². The van der Waals surface area contributed by atoms with Crippen molar-refractivity contribution in [3.63, 3.8) is 0 Å². The molecule has 3 aromatic heterocycles. The summed E-state index contributed by atoms with van der Waals surface area (Å²) in [5.41, 5.74) is 0.782. The van der Waals surface area contributed by atoms with Crippen LogP contribution in [-0.2, 0) is 4.74 Å². The summed E-state index contributed by atoms with van der Waals surface area (Å²) in [7, 11) is 2.08. The van der Waals surface area contributed by atoms with Crippen molar-refractivity contribution in [2.45, 2.75) is 25.0 Å². The van der Waals surface area contributed by atoms with Gasteiger partial charge in [-0.15, -0.1) is 0 Å². The van der Waals surface area contributed by atoms with Crippen LogP contribution < -0.4 is 14.8 Å². The number of hydrogen-bond donors (Lipinski definition) is 1. The molecule has 5 rings (SSSR count). The Morgan fingerprint density at radius 1 is 1.03 bits per heavy atom. The maximum Gasteiger partial charge on any atom is 0.317 e. The maximum atomic E-state index is 5.92. The van der Waals surface area contributed by atoms with E-state index in [-0.39, 0.29) is 12.2 Å². The standard InChI is InChI=1S/C21H24N6O3S/c1-27-12-16(13-27)29-15-2-3-19(23-10-15)26-21-24-11-18(31-21)17-4-7-22-20(25-17)30-14-5-8-28-9-6-14/h2-4,7,10-11,14,16H,5-6,8-9,12-13H2,1H3,(H,23,24,26). The van der Waals surface area contributed by atoms with Gasteiger partial charge >= 0.3 is 6.01 Å². The van der Waals surface area contributed by atoms with Crippen molar-refractivity contribution < 1.29 is 14.2 Å². The van der Waals surface area contributed by atoms with Crippen molar-refractivity contribution in [2.75, 3.05) is 38.7 Å². The Morgan fingerprint density at radius 3 is 2.68 bits per heavy atom. The SMILES string of the molecule is CN1CC(Oc2ccc(Nc3ncc(-c4ccnc(OC5CCOCC5)n4)s3)nc2)C1. The van der Waals surface area contributed by atoms with Crippen LogP contribution in [0.2, 0.25) is 0 Å². The van der Waals surface area contributed by atoms with Crippen molar-refractivity contribution in [3.05, 3.63) is 36.8 Å². The lowest BCUT2D eigenvalue weighted by Gasteiger charge is -2.35. The first-order valence-corrected chi connectivity index (χ1v) is 11.1. The molecule has 0 saturated carbocycles. The minimum atomic E-state index is 0.103. The quantitative estimate of drug-likeness (QED) is 0.595. The Kier molecular flexibility index (Phi) is 5.92. The molecule has 0 amide bonds. The summed E-state index contributed by atoms with van der Waals surface area (Å²) >= 11 is 1.50. The predicted molar refractivity (Wildman–Crippen MR) is 117 cm³/mol. The molecular weight excluding hydrogens is 416 g/mol. The van der Waals surface area contributed by atoms with Crippen molar-refractivity contribution >= 4 is 22.3 Å². The lowest BCUT2D eigenvalue weighted by molar-refractivity contribution is 0.0217. The molecule has 5 heterocycles. The summed E-state index contributed by atoms with van der Waals surface area (Å²) in [6, 6.07) is 6.06. The molecule has 2 saturated heterocycles. The van der Waals surface area contributed by atoms with Gasteiger partial charge in [0, 0.05) is 38.3 Å². The van der Waals surface area contributed by atoms with E-state index in [2.05, 4.69) is 37.2 Å². The number of aromatic nitrogens is 4. The number of nitrogens with one attached hydrogen (secondary N) is 1. The third kappa shape index (κ3) is 5.09. The van der Waals surface area contributed by atoms with Crippen LogP contribution in [0.4, 0.5) is 10.9 Å². The summed E-state index contributed by atoms with van der Waals surface area (Å²) in [6.07, 6.45) is 7.31. The number of anilines is 2. The van der Waals surface area contributed by atoms with E-state index in [1.165, 1.54) is 11.3 Å². The summed E-state index contributed by atoms with van der Waals surface area (Å²) in [5, 5.41) is 3.97. The van der Waals surface area contributed by atoms with Gasteiger partial charge in [0.15, 0.2) is 5.13 Å². The molecule has 0 unspecified atom stereocenters. The van der Waals surface area contributed by atoms with Crippen LogP contribution in [0.25, 0.3) is 10.6 Å². The van der Waals surface area contributed by atoms with Gasteiger partial charge in [0.05, 0.1) is 30.0 Å². The fourth-order valence-corrected chi connectivity index (χ4v) is 4.26. The van der Waals surface area contributed by atoms with Gasteiger partial charge in [-0.3, -0.25) is 4.90 Å². The van der Waals surface area contributed by atoms with Gasteiger partial charge in [-0.2, -0.15) is 4.98 Å². The van der Waals surface area contributed by atoms with E-state index in [1.807, 2.05) is 18.2 Å². The predicted octanol–water partition coefficient (Wildman–Crippen LogP) is 2.99. The second kappa shape index (κ2) is 9.13. The zero-order valence-corrected chi connectivity index (χ0v) is 18.0. The Morgan fingerprint density at radius 2 is 1.90 bits per heavy atom. The molecule has 2 aliphatic rings. The Balaban J connectivity index is 1.20. The maximum absolute atomic E-state index is 5.92. The minimum absolute atomic E-state index is 0.103. The highest BCUT2D eigenvalue weighted by Gasteiger charge is 2.24. The first-order valence-electron chi connectivity index (χ1n) is 10.3. The van der Waals surface area contributed by atoms with E-state index in [9.17, 15) is 0 Å². The van der Waals surface area contributed by atoms with Crippen LogP contribution >= 0.6 is 11.3 Å². The van der Waals surface area contributed by atoms with Crippen LogP contribution in [0.5, 0.6) is 11.8 Å². The summed E-state index contributed by atoms with van der Waals surface area (Å²) < 4.78 is 17.2. The number of likely N-dealkylation sites (N-methyl/N-ethyl adjacent to an activating group) is 1. The largest absolute Gasteiger partial charge is 0.486 e. The first-order chi connectivity index (χ1) is 15.2. The van der Waals surface area contributed by atoms with Crippen LogP contribution in [0.15, 0.2) is 36.8 Å². The van der Waals surface area contributed by atoms with Crippen LogP contribution in [-0.4, -0.2) is 70.4 Å². The summed E-state index contributed by atoms with van der Waals surface area (Å²) in [6.45, 7) is 3.33. The molecule has 2 aliphatic heterocycles. The van der Waals surface area contributed by atoms with Gasteiger partial charge in [-0.05, 0) is 25.2 Å². The average Bonchev–Trinajstić information content (AvgIpc) is 3.23. The Hall–Kier alpha value is -2.82. The molecule has 0 atom stereocenters. The second-order valence-electron chi connectivity index (χ2n) is 7.65. The molecule has 31 heavy (non-hydrogen) atoms. The number of hydrogen-bond acceptors (Lipinski definition) is 10. The highest BCUT2D eigenvalue weighted by Crippen LogP contribution is 2.30. The van der Waals surface area contributed by atoms with Gasteiger partial charge in [0.25, 0.3) is 0 Å². The fraction of sp³-hybridized carbons (Fsp3) is 0.429. The number of ether oxygens (including phenoxy) is 3. The lowest BCUT2D eigenvalue weighted by Crippen LogP contribution is -2.51. The molecular formula is C21H24N6O3S. The molecule has 1 N–H and O–H groups in total. The van der Waals surface area contributed by atoms with Crippen molar-refractivity contribution in [2.24, 2.45) is 0 Å². The van der Waals surface area contributed by atoms with Crippen LogP contribution in [0.3, 0.4) is 0 Å². The molecule has 9 nitrogen and oxygen atoms in total. The van der Waals surface area contributed by atoms with Gasteiger partial charge in [-0.25, -0.2) is 15.0 Å². The van der Waals surface area contributed by atoms with Crippen LogP contribution in [0.1, 0.15) is 12.8 Å². The van der Waals surface area contributed by atoms with Crippen LogP contribution in [0, 0.1) is 0 Å². The molecule has 0 bridgehead atoms. The highest BCUT2D eigenvalue weighted by molar-refractivity contribution is 7.18. The van der Waals surface area contributed by atoms with Gasteiger partial charge in [0.2, 0.25) is 0 Å². The van der Waals surface area contributed by atoms with E-state index in [1.54, 1.807) is 18.6 Å². The zero-order chi connectivity index (χ0) is 21.0. The third-order valence-electron chi connectivity index (χ3n) is 5.14. The van der Waals surface area contributed by atoms with E-state index in [0.29, 0.717) is 25.0 Å². The number of nitrogens with zero attached hydrogens (tertiary/aromatic N) is 5. The van der Waals surface area contributed by atoms with E-state index in [4.69, 9.17) is 14.2 Å². The Bertz CT molecular complexity index is 1000. The molecule has 0 aliphatic carbocycles. The molecule has 0 spiro atoms. The number of rotatable bonds is 7. The number of thiazole rings is 1. The van der Waals surface area contributed by atoms with Gasteiger partial charge in [-0.1, -0.05) is 11.3 Å². The monoisotopic (exact) mass is 440 g/mol. The van der Waals surface area contributed by atoms with Crippen molar-refractivity contribution in [3.8, 4) is 22.3 Å². The minimum Gasteiger partial charge on any atom is -0.486 e. The summed E-state index contributed by atoms with van der Waals surface area (Å²) in [5.74, 6) is 1.49. The fourth-order valence-electron chi connectivity index (χ4n) is 3.47. The molecule has 0 radical (unpaired) electrons. The smallest absolute Gasteiger partial charge is 0.317 e. The first kappa shape index (κ1) is 20.1. The van der Waals surface area contributed by atoms with Gasteiger partial charge in [0.1, 0.15) is 23.8 Å². The number of likely N-dealkylation sites (tertiary alicyclic amines) is 1. The van der Waals surface area contributed by atoms with Crippen molar-refractivity contribution in [1.82, 2.24) is 24.8 Å². The number of pyridine rings is 1. The van der Waals surface area contributed by atoms with Gasteiger partial charge < -0.3 is 19.5 Å². The van der Waals surface area contributed by atoms with E-state index < -0.39 is 0 Å². The zero-order valence-electron chi connectivity index (χ0n) is 17.2. The Labute approximate surface area is 184 Å². The topological polar surface area (TPSA) is 94.5 Å². The molecule has 2 fully saturated rings. The summed E-state index contributed by atoms with van der Waals surface area (Å²) in [4.78, 5) is 20.8. The molecule has 3 aromatic rings. The molecule has 0 aromatic carbocycles. The lowest BCUT2D eigenvalue weighted by atomic mass is 10.2. The second-order valence-corrected chi connectivity index (χ2v) is 8.68. The van der Waals surface area contributed by atoms with E-state index >= 15 is 0 Å². The molecule has 162 valence electrons.